The summed E-state index contributed by atoms with van der Waals surface area (Å²) in [5.41, 5.74) is 10.9. The van der Waals surface area contributed by atoms with Crippen LogP contribution in [0.2, 0.25) is 0 Å². The lowest BCUT2D eigenvalue weighted by Crippen LogP contribution is -2.23. The number of nitrogens with two attached hydrogens (primary N) is 2. The number of aldehydes is 1. The Hall–Kier alpha value is -0.410. The van der Waals surface area contributed by atoms with Crippen molar-refractivity contribution in [3.05, 3.63) is 0 Å². The van der Waals surface area contributed by atoms with Crippen molar-refractivity contribution in [1.82, 2.24) is 0 Å². The van der Waals surface area contributed by atoms with Crippen LogP contribution in [0, 0.1) is 0 Å². The molecule has 0 aliphatic rings. The van der Waals surface area contributed by atoms with Crippen molar-refractivity contribution in [2.75, 3.05) is 6.54 Å². The van der Waals surface area contributed by atoms with Crippen LogP contribution < -0.4 is 11.5 Å². The summed E-state index contributed by atoms with van der Waals surface area (Å²) in [5, 5.41) is 0. The molecule has 0 radical (unpaired) electrons. The van der Waals surface area contributed by atoms with E-state index in [4.69, 9.17) is 11.5 Å². The van der Waals surface area contributed by atoms with Gasteiger partial charge >= 0.3 is 0 Å². The first kappa shape index (κ1) is 9.59. The van der Waals surface area contributed by atoms with E-state index >= 15 is 0 Å². The minimum Gasteiger partial charge on any atom is -0.330 e. The highest BCUT2D eigenvalue weighted by Gasteiger charge is 1.98. The summed E-state index contributed by atoms with van der Waals surface area (Å²) in [6.45, 7) is 0.641. The maximum atomic E-state index is 9.88. The average molecular weight is 144 g/mol. The van der Waals surface area contributed by atoms with Crippen molar-refractivity contribution in [2.24, 2.45) is 11.5 Å². The first-order valence-electron chi connectivity index (χ1n) is 3.70. The molecule has 10 heavy (non-hydrogen) atoms. The number of carbonyl (C=O) groups excluding carboxylic acids is 1. The van der Waals surface area contributed by atoms with E-state index in [1.165, 1.54) is 0 Å². The Labute approximate surface area is 61.8 Å². The number of carbonyl (C=O) groups is 1. The minimum atomic E-state index is 0.185. The van der Waals surface area contributed by atoms with Crippen molar-refractivity contribution in [3.63, 3.8) is 0 Å². The predicted octanol–water partition coefficient (Wildman–Crippen LogP) is 0.0317. The monoisotopic (exact) mass is 144 g/mol. The molecule has 1 unspecified atom stereocenters. The Bertz CT molecular complexity index is 85.7. The molecule has 0 bridgehead atoms. The zero-order chi connectivity index (χ0) is 7.82. The molecule has 0 fully saturated rings. The third-order valence-electron chi connectivity index (χ3n) is 1.43. The van der Waals surface area contributed by atoms with E-state index < -0.39 is 0 Å². The lowest BCUT2D eigenvalue weighted by atomic mass is 10.1. The van der Waals surface area contributed by atoms with Crippen LogP contribution in [-0.2, 0) is 4.79 Å². The van der Waals surface area contributed by atoms with E-state index in [1.54, 1.807) is 0 Å². The molecule has 0 aliphatic carbocycles. The van der Waals surface area contributed by atoms with E-state index in [2.05, 4.69) is 0 Å². The SMILES string of the molecule is NCCC(N)CCCC=O. The van der Waals surface area contributed by atoms with E-state index in [9.17, 15) is 4.79 Å². The summed E-state index contributed by atoms with van der Waals surface area (Å²) >= 11 is 0. The van der Waals surface area contributed by atoms with Crippen molar-refractivity contribution < 1.29 is 4.79 Å². The number of rotatable bonds is 6. The second-order valence-electron chi connectivity index (χ2n) is 2.44. The molecule has 0 saturated carbocycles. The lowest BCUT2D eigenvalue weighted by Gasteiger charge is -2.07. The predicted molar refractivity (Wildman–Crippen MR) is 41.6 cm³/mol. The van der Waals surface area contributed by atoms with E-state index in [0.29, 0.717) is 13.0 Å². The van der Waals surface area contributed by atoms with E-state index in [0.717, 1.165) is 25.5 Å². The number of unbranched alkanes of at least 4 members (excludes halogenated alkanes) is 1. The van der Waals surface area contributed by atoms with Gasteiger partial charge in [0.25, 0.3) is 0 Å². The van der Waals surface area contributed by atoms with Crippen LogP contribution in [0.1, 0.15) is 25.7 Å². The van der Waals surface area contributed by atoms with Gasteiger partial charge in [0.15, 0.2) is 0 Å². The third kappa shape index (κ3) is 5.72. The van der Waals surface area contributed by atoms with Crippen LogP contribution in [-0.4, -0.2) is 18.9 Å². The molecule has 0 heterocycles. The topological polar surface area (TPSA) is 69.1 Å². The molecule has 3 nitrogen and oxygen atoms in total. The molecule has 1 atom stereocenters. The Morgan fingerprint density at radius 1 is 1.40 bits per heavy atom. The Balaban J connectivity index is 3.04. The fraction of sp³-hybridized carbons (Fsp3) is 0.857. The molecule has 0 aliphatic heterocycles. The van der Waals surface area contributed by atoms with Gasteiger partial charge in [-0.2, -0.15) is 0 Å². The first-order chi connectivity index (χ1) is 4.81. The van der Waals surface area contributed by atoms with Crippen LogP contribution in [0.5, 0.6) is 0 Å². The second-order valence-corrected chi connectivity index (χ2v) is 2.44. The zero-order valence-corrected chi connectivity index (χ0v) is 6.25. The maximum absolute atomic E-state index is 9.88. The second kappa shape index (κ2) is 6.71. The van der Waals surface area contributed by atoms with Crippen molar-refractivity contribution in [3.8, 4) is 0 Å². The van der Waals surface area contributed by atoms with Gasteiger partial charge in [0.05, 0.1) is 0 Å². The van der Waals surface area contributed by atoms with Gasteiger partial charge in [0.1, 0.15) is 6.29 Å². The first-order valence-corrected chi connectivity index (χ1v) is 3.70. The molecule has 4 N–H and O–H groups in total. The van der Waals surface area contributed by atoms with Gasteiger partial charge in [-0.3, -0.25) is 0 Å². The fourth-order valence-corrected chi connectivity index (χ4v) is 0.822. The van der Waals surface area contributed by atoms with Gasteiger partial charge in [-0.1, -0.05) is 0 Å². The summed E-state index contributed by atoms with van der Waals surface area (Å²) in [4.78, 5) is 9.88. The molecule has 3 heteroatoms. The third-order valence-corrected chi connectivity index (χ3v) is 1.43. The number of hydrogen-bond donors (Lipinski definition) is 2. The quantitative estimate of drug-likeness (QED) is 0.408. The van der Waals surface area contributed by atoms with Gasteiger partial charge in [-0.25, -0.2) is 0 Å². The Morgan fingerprint density at radius 2 is 2.10 bits per heavy atom. The molecule has 0 aromatic carbocycles. The van der Waals surface area contributed by atoms with Gasteiger partial charge in [0, 0.05) is 12.5 Å². The summed E-state index contributed by atoms with van der Waals surface area (Å²) in [5.74, 6) is 0. The largest absolute Gasteiger partial charge is 0.330 e. The molecular weight excluding hydrogens is 128 g/mol. The summed E-state index contributed by atoms with van der Waals surface area (Å²) < 4.78 is 0. The maximum Gasteiger partial charge on any atom is 0.119 e. The smallest absolute Gasteiger partial charge is 0.119 e. The normalized spacial score (nSPS) is 13.0. The average Bonchev–Trinajstić information content (AvgIpc) is 1.89. The Kier molecular flexibility index (Phi) is 6.43. The van der Waals surface area contributed by atoms with Crippen LogP contribution >= 0.6 is 0 Å². The fourth-order valence-electron chi connectivity index (χ4n) is 0.822. The molecule has 60 valence electrons. The molecule has 0 saturated heterocycles. The summed E-state index contributed by atoms with van der Waals surface area (Å²) in [6, 6.07) is 0.185. The van der Waals surface area contributed by atoms with Crippen molar-refractivity contribution in [1.29, 1.82) is 0 Å². The lowest BCUT2D eigenvalue weighted by molar-refractivity contribution is -0.107. The van der Waals surface area contributed by atoms with Gasteiger partial charge in [-0.05, 0) is 25.8 Å². The van der Waals surface area contributed by atoms with Gasteiger partial charge in [0.2, 0.25) is 0 Å². The minimum absolute atomic E-state index is 0.185. The van der Waals surface area contributed by atoms with Gasteiger partial charge < -0.3 is 16.3 Å². The van der Waals surface area contributed by atoms with E-state index in [1.807, 2.05) is 0 Å². The molecule has 0 spiro atoms. The standard InChI is InChI=1S/C7H16N2O/c8-5-4-7(9)3-1-2-6-10/h6-7H,1-5,8-9H2. The highest BCUT2D eigenvalue weighted by Crippen LogP contribution is 1.99. The molecule has 0 amide bonds. The zero-order valence-electron chi connectivity index (χ0n) is 6.25. The van der Waals surface area contributed by atoms with Crippen LogP contribution in [0.15, 0.2) is 0 Å². The van der Waals surface area contributed by atoms with Crippen molar-refractivity contribution in [2.45, 2.75) is 31.7 Å². The number of hydrogen-bond acceptors (Lipinski definition) is 3. The van der Waals surface area contributed by atoms with Crippen molar-refractivity contribution >= 4 is 6.29 Å². The highest BCUT2D eigenvalue weighted by atomic mass is 16.1. The van der Waals surface area contributed by atoms with Crippen LogP contribution in [0.25, 0.3) is 0 Å². The van der Waals surface area contributed by atoms with E-state index in [-0.39, 0.29) is 6.04 Å². The summed E-state index contributed by atoms with van der Waals surface area (Å²) in [6.07, 6.45) is 4.22. The molecule has 0 aromatic heterocycles. The summed E-state index contributed by atoms with van der Waals surface area (Å²) in [7, 11) is 0. The van der Waals surface area contributed by atoms with Crippen LogP contribution in [0.4, 0.5) is 0 Å². The van der Waals surface area contributed by atoms with Gasteiger partial charge in [-0.15, -0.1) is 0 Å². The molecule has 0 rings (SSSR count). The highest BCUT2D eigenvalue weighted by molar-refractivity contribution is 5.48. The molecular formula is C7H16N2O. The molecule has 0 aromatic rings. The Morgan fingerprint density at radius 3 is 2.60 bits per heavy atom. The van der Waals surface area contributed by atoms with Crippen LogP contribution in [0.3, 0.4) is 0 Å².